The maximum atomic E-state index is 13.3. The van der Waals surface area contributed by atoms with Crippen molar-refractivity contribution in [1.29, 1.82) is 0 Å². The van der Waals surface area contributed by atoms with Crippen molar-refractivity contribution in [3.63, 3.8) is 0 Å². The second kappa shape index (κ2) is 7.71. The number of rotatable bonds is 5. The van der Waals surface area contributed by atoms with Crippen LogP contribution in [0.25, 0.3) is 0 Å². The summed E-state index contributed by atoms with van der Waals surface area (Å²) < 4.78 is 4.99. The number of benzene rings is 1. The number of ether oxygens (including phenoxy) is 1. The van der Waals surface area contributed by atoms with Crippen molar-refractivity contribution in [2.75, 3.05) is 6.61 Å². The molecule has 8 heteroatoms. The third-order valence-corrected chi connectivity index (χ3v) is 5.15. The van der Waals surface area contributed by atoms with Gasteiger partial charge in [-0.3, -0.25) is 15.0 Å². The summed E-state index contributed by atoms with van der Waals surface area (Å²) in [5.74, 6) is -1.72. The van der Waals surface area contributed by atoms with Crippen LogP contribution >= 0.6 is 0 Å². The summed E-state index contributed by atoms with van der Waals surface area (Å²) in [7, 11) is 0. The molecule has 1 saturated heterocycles. The molecule has 0 spiro atoms. The minimum absolute atomic E-state index is 0.167. The summed E-state index contributed by atoms with van der Waals surface area (Å²) >= 11 is 0. The molecule has 0 saturated carbocycles. The zero-order valence-corrected chi connectivity index (χ0v) is 16.6. The first-order valence-electron chi connectivity index (χ1n) is 9.44. The molecule has 1 aromatic rings. The molecule has 0 aliphatic carbocycles. The molecule has 0 unspecified atom stereocenters. The fourth-order valence-corrected chi connectivity index (χ4v) is 3.57. The smallest absolute Gasteiger partial charge is 0.354 e. The van der Waals surface area contributed by atoms with Crippen LogP contribution in [0.2, 0.25) is 0 Å². The molecule has 2 atom stereocenters. The largest absolute Gasteiger partial charge is 0.461 e. The SMILES string of the molecule is CCOC(=O)C1=NN[C@@H](C(=O)N2C(=O)CC(C)(C)N2Cc2ccccc2)[C@@H]1C. The molecule has 2 amide bonds. The van der Waals surface area contributed by atoms with Gasteiger partial charge in [0.15, 0.2) is 5.71 Å². The minimum Gasteiger partial charge on any atom is -0.461 e. The van der Waals surface area contributed by atoms with Crippen LogP contribution in [0.4, 0.5) is 0 Å². The number of hydrogen-bond donors (Lipinski definition) is 1. The van der Waals surface area contributed by atoms with Crippen LogP contribution in [0.1, 0.15) is 39.7 Å². The van der Waals surface area contributed by atoms with E-state index in [0.29, 0.717) is 6.54 Å². The van der Waals surface area contributed by atoms with Crippen molar-refractivity contribution < 1.29 is 19.1 Å². The Labute approximate surface area is 164 Å². The lowest BCUT2D eigenvalue weighted by atomic mass is 9.97. The van der Waals surface area contributed by atoms with E-state index in [9.17, 15) is 14.4 Å². The van der Waals surface area contributed by atoms with E-state index in [2.05, 4.69) is 10.5 Å². The van der Waals surface area contributed by atoms with E-state index in [0.717, 1.165) is 5.56 Å². The topological polar surface area (TPSA) is 91.3 Å². The predicted octanol–water partition coefficient (Wildman–Crippen LogP) is 1.47. The predicted molar refractivity (Wildman–Crippen MR) is 103 cm³/mol. The lowest BCUT2D eigenvalue weighted by molar-refractivity contribution is -0.163. The number of hydrazine groups is 1. The van der Waals surface area contributed by atoms with Crippen molar-refractivity contribution in [3.8, 4) is 0 Å². The summed E-state index contributed by atoms with van der Waals surface area (Å²) in [6.45, 7) is 7.97. The molecule has 1 aromatic carbocycles. The number of amides is 2. The highest BCUT2D eigenvalue weighted by molar-refractivity contribution is 6.38. The first kappa shape index (κ1) is 20.0. The van der Waals surface area contributed by atoms with Crippen LogP contribution in [-0.4, -0.2) is 51.7 Å². The fraction of sp³-hybridized carbons (Fsp3) is 0.500. The monoisotopic (exact) mass is 386 g/mol. The van der Waals surface area contributed by atoms with Gasteiger partial charge in [0, 0.05) is 24.4 Å². The van der Waals surface area contributed by atoms with Gasteiger partial charge in [0.25, 0.3) is 5.91 Å². The summed E-state index contributed by atoms with van der Waals surface area (Å²) in [4.78, 5) is 38.0. The average molecular weight is 386 g/mol. The van der Waals surface area contributed by atoms with Crippen molar-refractivity contribution in [3.05, 3.63) is 35.9 Å². The fourth-order valence-electron chi connectivity index (χ4n) is 3.57. The standard InChI is InChI=1S/C20H26N4O4/c1-5-28-19(27)17-13(2)16(21-22-17)18(26)24-15(25)11-20(3,4)23(24)12-14-9-7-6-8-10-14/h6-10,13,16,21H,5,11-12H2,1-4H3/t13-,16+/m0/s1. The van der Waals surface area contributed by atoms with Crippen molar-refractivity contribution in [1.82, 2.24) is 15.4 Å². The molecule has 150 valence electrons. The second-order valence-corrected chi connectivity index (χ2v) is 7.69. The molecule has 0 aromatic heterocycles. The Morgan fingerprint density at radius 2 is 1.96 bits per heavy atom. The lowest BCUT2D eigenvalue weighted by Crippen LogP contribution is -2.55. The highest BCUT2D eigenvalue weighted by Crippen LogP contribution is 2.33. The van der Waals surface area contributed by atoms with Gasteiger partial charge in [-0.15, -0.1) is 0 Å². The first-order chi connectivity index (χ1) is 13.3. The Balaban J connectivity index is 1.81. The van der Waals surface area contributed by atoms with Gasteiger partial charge >= 0.3 is 5.97 Å². The van der Waals surface area contributed by atoms with Gasteiger partial charge < -0.3 is 4.74 Å². The van der Waals surface area contributed by atoms with Crippen LogP contribution in [0.15, 0.2) is 35.4 Å². The maximum Gasteiger partial charge on any atom is 0.354 e. The number of hydrogen-bond acceptors (Lipinski definition) is 7. The number of hydrazone groups is 1. The number of carbonyl (C=O) groups excluding carboxylic acids is 3. The normalized spacial score (nSPS) is 24.1. The summed E-state index contributed by atoms with van der Waals surface area (Å²) in [6, 6.07) is 8.89. The van der Waals surface area contributed by atoms with E-state index >= 15 is 0 Å². The third-order valence-electron chi connectivity index (χ3n) is 5.15. The Kier molecular flexibility index (Phi) is 5.51. The second-order valence-electron chi connectivity index (χ2n) is 7.69. The molecule has 2 aliphatic heterocycles. The molecule has 0 radical (unpaired) electrons. The van der Waals surface area contributed by atoms with Gasteiger partial charge in [-0.2, -0.15) is 5.10 Å². The minimum atomic E-state index is -0.796. The van der Waals surface area contributed by atoms with E-state index in [4.69, 9.17) is 4.74 Å². The zero-order valence-electron chi connectivity index (χ0n) is 16.6. The highest BCUT2D eigenvalue weighted by atomic mass is 16.5. The molecule has 3 rings (SSSR count). The van der Waals surface area contributed by atoms with E-state index < -0.39 is 29.4 Å². The summed E-state index contributed by atoms with van der Waals surface area (Å²) in [6.07, 6.45) is 0.234. The number of nitrogens with zero attached hydrogens (tertiary/aromatic N) is 3. The van der Waals surface area contributed by atoms with E-state index in [1.807, 2.05) is 44.2 Å². The molecular weight excluding hydrogens is 360 g/mol. The number of imide groups is 1. The van der Waals surface area contributed by atoms with Gasteiger partial charge in [0.05, 0.1) is 6.61 Å². The molecular formula is C20H26N4O4. The van der Waals surface area contributed by atoms with Crippen molar-refractivity contribution in [2.45, 2.75) is 52.2 Å². The Hall–Kier alpha value is -2.74. The molecule has 2 heterocycles. The Bertz CT molecular complexity index is 806. The van der Waals surface area contributed by atoms with E-state index in [1.54, 1.807) is 18.9 Å². The van der Waals surface area contributed by atoms with E-state index in [1.165, 1.54) is 5.01 Å². The summed E-state index contributed by atoms with van der Waals surface area (Å²) in [5.41, 5.74) is 3.38. The summed E-state index contributed by atoms with van der Waals surface area (Å²) in [5, 5.41) is 7.00. The molecule has 1 N–H and O–H groups in total. The highest BCUT2D eigenvalue weighted by Gasteiger charge is 2.50. The number of nitrogens with one attached hydrogen (secondary N) is 1. The van der Waals surface area contributed by atoms with Crippen molar-refractivity contribution in [2.24, 2.45) is 11.0 Å². The van der Waals surface area contributed by atoms with Gasteiger partial charge in [0.2, 0.25) is 5.91 Å². The lowest BCUT2D eigenvalue weighted by Gasteiger charge is -2.36. The average Bonchev–Trinajstić information content (AvgIpc) is 3.12. The van der Waals surface area contributed by atoms with Gasteiger partial charge in [-0.1, -0.05) is 37.3 Å². The molecule has 2 aliphatic rings. The molecule has 0 bridgehead atoms. The van der Waals surface area contributed by atoms with Crippen LogP contribution in [0.5, 0.6) is 0 Å². The quantitative estimate of drug-likeness (QED) is 0.609. The molecule has 1 fully saturated rings. The number of carbonyl (C=O) groups is 3. The Morgan fingerprint density at radius 1 is 1.29 bits per heavy atom. The number of esters is 1. The zero-order chi connectivity index (χ0) is 20.5. The van der Waals surface area contributed by atoms with Crippen LogP contribution < -0.4 is 5.43 Å². The van der Waals surface area contributed by atoms with Gasteiger partial charge in [-0.25, -0.2) is 14.8 Å². The first-order valence-corrected chi connectivity index (χ1v) is 9.44. The Morgan fingerprint density at radius 3 is 2.61 bits per heavy atom. The van der Waals surface area contributed by atoms with Crippen molar-refractivity contribution >= 4 is 23.5 Å². The van der Waals surface area contributed by atoms with Gasteiger partial charge in [-0.05, 0) is 26.3 Å². The molecule has 28 heavy (non-hydrogen) atoms. The van der Waals surface area contributed by atoms with Crippen LogP contribution in [0.3, 0.4) is 0 Å². The molecule has 8 nitrogen and oxygen atoms in total. The van der Waals surface area contributed by atoms with E-state index in [-0.39, 0.29) is 24.6 Å². The van der Waals surface area contributed by atoms with Crippen LogP contribution in [-0.2, 0) is 25.7 Å². The van der Waals surface area contributed by atoms with Crippen LogP contribution in [0, 0.1) is 5.92 Å². The maximum absolute atomic E-state index is 13.3. The van der Waals surface area contributed by atoms with Gasteiger partial charge in [0.1, 0.15) is 6.04 Å². The third kappa shape index (κ3) is 3.64.